The van der Waals surface area contributed by atoms with Gasteiger partial charge in [0.15, 0.2) is 0 Å². The molecule has 0 heterocycles. The predicted octanol–water partition coefficient (Wildman–Crippen LogP) is 3.25. The highest BCUT2D eigenvalue weighted by molar-refractivity contribution is 9.10. The van der Waals surface area contributed by atoms with Crippen molar-refractivity contribution in [1.82, 2.24) is 0 Å². The zero-order chi connectivity index (χ0) is 13.1. The molecule has 0 spiro atoms. The number of nitrogen functional groups attached to an aromatic ring is 1. The van der Waals surface area contributed by atoms with E-state index in [1.54, 1.807) is 19.1 Å². The number of benzene rings is 1. The van der Waals surface area contributed by atoms with Crippen molar-refractivity contribution in [3.63, 3.8) is 0 Å². The average Bonchev–Trinajstić information content (AvgIpc) is 2.13. The molecule has 0 aromatic heterocycles. The summed E-state index contributed by atoms with van der Waals surface area (Å²) in [7, 11) is 0. The molecule has 2 N–H and O–H groups in total. The van der Waals surface area contributed by atoms with Crippen LogP contribution in [-0.4, -0.2) is 19.6 Å². The molecule has 0 aliphatic carbocycles. The van der Waals surface area contributed by atoms with Crippen LogP contribution in [0.15, 0.2) is 16.6 Å². The van der Waals surface area contributed by atoms with Gasteiger partial charge in [-0.15, -0.1) is 13.2 Å². The lowest BCUT2D eigenvalue weighted by Crippen LogP contribution is -2.18. The molecular formula is C10H11BrF3NO2. The van der Waals surface area contributed by atoms with Crippen LogP contribution in [0.5, 0.6) is 5.75 Å². The van der Waals surface area contributed by atoms with Gasteiger partial charge < -0.3 is 10.5 Å². The van der Waals surface area contributed by atoms with Gasteiger partial charge in [0.25, 0.3) is 0 Å². The molecule has 0 aliphatic rings. The van der Waals surface area contributed by atoms with Gasteiger partial charge in [-0.1, -0.05) is 15.9 Å². The maximum atomic E-state index is 11.7. The minimum absolute atomic E-state index is 0.216. The van der Waals surface area contributed by atoms with Gasteiger partial charge in [0.2, 0.25) is 0 Å². The van der Waals surface area contributed by atoms with Crippen LogP contribution in [-0.2, 0) is 4.74 Å². The predicted molar refractivity (Wildman–Crippen MR) is 60.8 cm³/mol. The zero-order valence-corrected chi connectivity index (χ0v) is 10.6. The van der Waals surface area contributed by atoms with E-state index in [-0.39, 0.29) is 6.61 Å². The number of aryl methyl sites for hydroxylation is 1. The molecule has 0 saturated carbocycles. The molecule has 0 unspecified atom stereocenters. The first-order chi connectivity index (χ1) is 7.79. The van der Waals surface area contributed by atoms with Crippen LogP contribution in [0.3, 0.4) is 0 Å². The quantitative estimate of drug-likeness (QED) is 0.685. The van der Waals surface area contributed by atoms with Crippen LogP contribution in [0.25, 0.3) is 0 Å². The molecule has 0 bridgehead atoms. The van der Waals surface area contributed by atoms with E-state index in [4.69, 9.17) is 10.5 Å². The molecule has 0 aliphatic heterocycles. The Morgan fingerprint density at radius 3 is 2.47 bits per heavy atom. The molecule has 0 atom stereocenters. The summed E-state index contributed by atoms with van der Waals surface area (Å²) in [4.78, 5) is 0. The number of rotatable bonds is 4. The maximum absolute atomic E-state index is 11.7. The van der Waals surface area contributed by atoms with Crippen LogP contribution in [0.4, 0.5) is 18.9 Å². The van der Waals surface area contributed by atoms with Crippen molar-refractivity contribution in [2.75, 3.05) is 18.9 Å². The fourth-order valence-corrected chi connectivity index (χ4v) is 1.84. The van der Waals surface area contributed by atoms with E-state index in [2.05, 4.69) is 20.7 Å². The largest absolute Gasteiger partial charge is 0.522 e. The molecule has 0 amide bonds. The van der Waals surface area contributed by atoms with Gasteiger partial charge in [-0.25, -0.2) is 0 Å². The molecule has 17 heavy (non-hydrogen) atoms. The van der Waals surface area contributed by atoms with Crippen molar-refractivity contribution in [3.8, 4) is 5.75 Å². The van der Waals surface area contributed by atoms with E-state index >= 15 is 0 Å². The van der Waals surface area contributed by atoms with Crippen molar-refractivity contribution in [3.05, 3.63) is 22.2 Å². The van der Waals surface area contributed by atoms with Gasteiger partial charge in [-0.05, 0) is 24.6 Å². The van der Waals surface area contributed by atoms with Crippen molar-refractivity contribution in [2.24, 2.45) is 0 Å². The first kappa shape index (κ1) is 14.1. The number of hydrogen-bond acceptors (Lipinski definition) is 3. The summed E-state index contributed by atoms with van der Waals surface area (Å²) in [6, 6.07) is 3.38. The first-order valence-corrected chi connectivity index (χ1v) is 5.48. The lowest BCUT2D eigenvalue weighted by molar-refractivity contribution is -0.325. The summed E-state index contributed by atoms with van der Waals surface area (Å²) in [5, 5.41) is 0. The fraction of sp³-hybridized carbons (Fsp3) is 0.400. The number of ether oxygens (including phenoxy) is 2. The third-order valence-corrected chi connectivity index (χ3v) is 2.32. The van der Waals surface area contributed by atoms with Crippen LogP contribution in [0.2, 0.25) is 0 Å². The van der Waals surface area contributed by atoms with E-state index in [1.165, 1.54) is 0 Å². The Morgan fingerprint density at radius 1 is 1.29 bits per heavy atom. The highest BCUT2D eigenvalue weighted by Gasteiger charge is 2.28. The molecular weight excluding hydrogens is 303 g/mol. The van der Waals surface area contributed by atoms with Crippen molar-refractivity contribution in [2.45, 2.75) is 13.3 Å². The van der Waals surface area contributed by atoms with Crippen LogP contribution in [0, 0.1) is 6.92 Å². The summed E-state index contributed by atoms with van der Waals surface area (Å²) in [5.41, 5.74) is 6.78. The third-order valence-electron chi connectivity index (χ3n) is 1.86. The summed E-state index contributed by atoms with van der Waals surface area (Å²) in [5.74, 6) is 0.374. The fourth-order valence-electron chi connectivity index (χ4n) is 1.25. The Balaban J connectivity index is 2.53. The zero-order valence-electron chi connectivity index (χ0n) is 8.97. The number of anilines is 1. The second kappa shape index (κ2) is 5.59. The van der Waals surface area contributed by atoms with E-state index < -0.39 is 13.0 Å². The second-order valence-electron chi connectivity index (χ2n) is 3.28. The smallest absolute Gasteiger partial charge is 0.489 e. The van der Waals surface area contributed by atoms with E-state index in [1.807, 2.05) is 0 Å². The molecule has 96 valence electrons. The first-order valence-electron chi connectivity index (χ1n) is 4.68. The van der Waals surface area contributed by atoms with Gasteiger partial charge in [-0.2, -0.15) is 0 Å². The van der Waals surface area contributed by atoms with Crippen molar-refractivity contribution >= 4 is 21.6 Å². The Bertz CT molecular complexity index is 373. The highest BCUT2D eigenvalue weighted by atomic mass is 79.9. The van der Waals surface area contributed by atoms with Crippen LogP contribution in [0.1, 0.15) is 5.56 Å². The summed E-state index contributed by atoms with van der Waals surface area (Å²) >= 11 is 3.25. The van der Waals surface area contributed by atoms with E-state index in [0.29, 0.717) is 11.4 Å². The Labute approximate surface area is 105 Å². The Kier molecular flexibility index (Phi) is 4.64. The molecule has 1 aromatic carbocycles. The number of nitrogens with two attached hydrogens (primary N) is 1. The molecule has 7 heteroatoms. The highest BCUT2D eigenvalue weighted by Crippen LogP contribution is 2.30. The summed E-state index contributed by atoms with van der Waals surface area (Å²) in [6.45, 7) is 0.964. The van der Waals surface area contributed by atoms with Gasteiger partial charge in [-0.3, -0.25) is 4.74 Å². The molecule has 3 nitrogen and oxygen atoms in total. The topological polar surface area (TPSA) is 44.5 Å². The molecule has 1 rings (SSSR count). The van der Waals surface area contributed by atoms with Crippen molar-refractivity contribution < 1.29 is 22.6 Å². The minimum atomic E-state index is -4.64. The van der Waals surface area contributed by atoms with Gasteiger partial charge in [0.05, 0.1) is 12.3 Å². The standard InChI is InChI=1S/C10H11BrF3NO2/c1-6-4-7(11)5-8(15)9(6)16-2-3-17-10(12,13)14/h4-5H,2-3,15H2,1H3. The number of halogens is 4. The van der Waals surface area contributed by atoms with Gasteiger partial charge >= 0.3 is 6.36 Å². The summed E-state index contributed by atoms with van der Waals surface area (Å²) in [6.07, 6.45) is -4.64. The molecule has 0 saturated heterocycles. The van der Waals surface area contributed by atoms with Crippen LogP contribution >= 0.6 is 15.9 Å². The van der Waals surface area contributed by atoms with Crippen LogP contribution < -0.4 is 10.5 Å². The third kappa shape index (κ3) is 4.82. The van der Waals surface area contributed by atoms with Crippen molar-refractivity contribution in [1.29, 1.82) is 0 Å². The molecule has 1 aromatic rings. The number of hydrogen-bond donors (Lipinski definition) is 1. The molecule has 0 fully saturated rings. The van der Waals surface area contributed by atoms with Gasteiger partial charge in [0, 0.05) is 4.47 Å². The monoisotopic (exact) mass is 313 g/mol. The molecule has 0 radical (unpaired) electrons. The normalized spacial score (nSPS) is 11.6. The SMILES string of the molecule is Cc1cc(Br)cc(N)c1OCCOC(F)(F)F. The lowest BCUT2D eigenvalue weighted by atomic mass is 10.2. The maximum Gasteiger partial charge on any atom is 0.522 e. The Hall–Kier alpha value is -0.950. The number of alkyl halides is 3. The lowest BCUT2D eigenvalue weighted by Gasteiger charge is -2.13. The van der Waals surface area contributed by atoms with E-state index in [9.17, 15) is 13.2 Å². The second-order valence-corrected chi connectivity index (χ2v) is 4.20. The van der Waals surface area contributed by atoms with E-state index in [0.717, 1.165) is 10.0 Å². The summed E-state index contributed by atoms with van der Waals surface area (Å²) < 4.78 is 44.6. The average molecular weight is 314 g/mol. The minimum Gasteiger partial charge on any atom is -0.489 e. The Morgan fingerprint density at radius 2 is 1.94 bits per heavy atom. The van der Waals surface area contributed by atoms with Gasteiger partial charge in [0.1, 0.15) is 12.4 Å².